The zero-order chi connectivity index (χ0) is 12.0. The molecule has 0 radical (unpaired) electrons. The number of benzene rings is 1. The van der Waals surface area contributed by atoms with E-state index in [0.717, 1.165) is 22.2 Å². The highest BCUT2D eigenvalue weighted by Crippen LogP contribution is 2.27. The molecule has 3 aromatic rings. The number of hydrogen-bond donors (Lipinski definition) is 2. The molecule has 0 aliphatic carbocycles. The van der Waals surface area contributed by atoms with Crippen LogP contribution in [0.2, 0.25) is 5.15 Å². The molecular weight excluding hydrogens is 238 g/mol. The molecule has 2 aromatic heterocycles. The first-order valence-corrected chi connectivity index (χ1v) is 5.46. The van der Waals surface area contributed by atoms with Crippen molar-refractivity contribution >= 4 is 28.3 Å². The molecule has 0 fully saturated rings. The summed E-state index contributed by atoms with van der Waals surface area (Å²) in [6, 6.07) is 7.71. The van der Waals surface area contributed by atoms with Gasteiger partial charge < -0.3 is 5.73 Å². The Bertz CT molecular complexity index is 697. The van der Waals surface area contributed by atoms with Crippen molar-refractivity contribution in [3.8, 4) is 11.3 Å². The van der Waals surface area contributed by atoms with E-state index in [4.69, 9.17) is 17.3 Å². The quantitative estimate of drug-likeness (QED) is 0.692. The van der Waals surface area contributed by atoms with Crippen LogP contribution >= 0.6 is 11.6 Å². The number of nitrogens with one attached hydrogen (secondary N) is 1. The van der Waals surface area contributed by atoms with Crippen molar-refractivity contribution in [1.29, 1.82) is 0 Å². The number of nitrogens with two attached hydrogens (primary N) is 1. The molecule has 0 unspecified atom stereocenters. The largest absolute Gasteiger partial charge is 0.382 e. The van der Waals surface area contributed by atoms with Gasteiger partial charge >= 0.3 is 0 Å². The van der Waals surface area contributed by atoms with Gasteiger partial charge in [-0.25, -0.2) is 0 Å². The van der Waals surface area contributed by atoms with Crippen LogP contribution in [-0.2, 0) is 7.05 Å². The molecule has 17 heavy (non-hydrogen) atoms. The number of halogens is 1. The van der Waals surface area contributed by atoms with Crippen LogP contribution in [0.25, 0.3) is 22.2 Å². The zero-order valence-electron chi connectivity index (χ0n) is 9.11. The molecule has 0 saturated heterocycles. The van der Waals surface area contributed by atoms with E-state index in [9.17, 15) is 0 Å². The normalized spacial score (nSPS) is 11.2. The van der Waals surface area contributed by atoms with Gasteiger partial charge in [-0.2, -0.15) is 10.2 Å². The Morgan fingerprint density at radius 2 is 2.18 bits per heavy atom. The van der Waals surface area contributed by atoms with E-state index in [-0.39, 0.29) is 0 Å². The number of aryl methyl sites for hydroxylation is 1. The lowest BCUT2D eigenvalue weighted by Crippen LogP contribution is -1.88. The number of fused-ring (bicyclic) bond motifs is 1. The summed E-state index contributed by atoms with van der Waals surface area (Å²) in [5.74, 6) is 0.470. The smallest absolute Gasteiger partial charge is 0.158 e. The molecule has 86 valence electrons. The van der Waals surface area contributed by atoms with Crippen molar-refractivity contribution in [3.63, 3.8) is 0 Å². The second-order valence-electron chi connectivity index (χ2n) is 3.85. The van der Waals surface area contributed by atoms with Gasteiger partial charge in [0.15, 0.2) is 5.15 Å². The Morgan fingerprint density at radius 1 is 1.35 bits per heavy atom. The summed E-state index contributed by atoms with van der Waals surface area (Å²) in [6.07, 6.45) is 0. The summed E-state index contributed by atoms with van der Waals surface area (Å²) in [6.45, 7) is 0. The van der Waals surface area contributed by atoms with E-state index in [1.165, 1.54) is 0 Å². The van der Waals surface area contributed by atoms with Crippen LogP contribution in [0.1, 0.15) is 0 Å². The molecule has 1 aromatic carbocycles. The highest BCUT2D eigenvalue weighted by molar-refractivity contribution is 6.34. The fourth-order valence-corrected chi connectivity index (χ4v) is 2.14. The maximum absolute atomic E-state index is 6.06. The molecule has 3 N–H and O–H groups in total. The van der Waals surface area contributed by atoms with Crippen molar-refractivity contribution in [2.75, 3.05) is 5.73 Å². The Morgan fingerprint density at radius 3 is 2.88 bits per heavy atom. The fourth-order valence-electron chi connectivity index (χ4n) is 1.88. The highest BCUT2D eigenvalue weighted by Gasteiger charge is 2.09. The minimum absolute atomic E-state index is 0.470. The summed E-state index contributed by atoms with van der Waals surface area (Å²) in [5, 5.41) is 12.3. The van der Waals surface area contributed by atoms with Gasteiger partial charge in [-0.1, -0.05) is 17.7 Å². The predicted octanol–water partition coefficient (Wildman–Crippen LogP) is 2.20. The molecule has 0 amide bonds. The van der Waals surface area contributed by atoms with Crippen molar-refractivity contribution < 1.29 is 0 Å². The van der Waals surface area contributed by atoms with Crippen molar-refractivity contribution in [1.82, 2.24) is 20.0 Å². The number of nitrogen functional groups attached to an aromatic ring is 1. The lowest BCUT2D eigenvalue weighted by atomic mass is 10.1. The molecule has 0 atom stereocenters. The van der Waals surface area contributed by atoms with Crippen LogP contribution in [0.15, 0.2) is 24.3 Å². The number of nitrogens with zero attached hydrogens (tertiary/aromatic N) is 3. The van der Waals surface area contributed by atoms with Gasteiger partial charge in [0, 0.05) is 24.1 Å². The second-order valence-corrected chi connectivity index (χ2v) is 4.21. The lowest BCUT2D eigenvalue weighted by molar-refractivity contribution is 0.797. The van der Waals surface area contributed by atoms with Crippen LogP contribution in [-0.4, -0.2) is 20.0 Å². The molecular formula is C11H10ClN5. The summed E-state index contributed by atoms with van der Waals surface area (Å²) in [4.78, 5) is 0. The van der Waals surface area contributed by atoms with Gasteiger partial charge in [-0.05, 0) is 12.1 Å². The topological polar surface area (TPSA) is 72.5 Å². The summed E-state index contributed by atoms with van der Waals surface area (Å²) in [5.41, 5.74) is 8.42. The molecule has 0 aliphatic rings. The molecule has 0 spiro atoms. The zero-order valence-corrected chi connectivity index (χ0v) is 9.86. The number of aromatic amines is 1. The second kappa shape index (κ2) is 3.49. The number of rotatable bonds is 1. The number of H-pyrrole nitrogens is 1. The first kappa shape index (κ1) is 10.2. The summed E-state index contributed by atoms with van der Waals surface area (Å²) < 4.78 is 1.75. The third kappa shape index (κ3) is 1.55. The van der Waals surface area contributed by atoms with E-state index < -0.39 is 0 Å². The number of aromatic nitrogens is 4. The monoisotopic (exact) mass is 247 g/mol. The molecule has 3 rings (SSSR count). The lowest BCUT2D eigenvalue weighted by Gasteiger charge is -1.98. The average Bonchev–Trinajstić information content (AvgIpc) is 2.85. The molecule has 5 nitrogen and oxygen atoms in total. The van der Waals surface area contributed by atoms with E-state index >= 15 is 0 Å². The third-order valence-corrected chi connectivity index (χ3v) is 2.99. The van der Waals surface area contributed by atoms with Crippen molar-refractivity contribution in [2.24, 2.45) is 7.05 Å². The van der Waals surface area contributed by atoms with Crippen LogP contribution in [0.4, 0.5) is 5.82 Å². The van der Waals surface area contributed by atoms with Crippen molar-refractivity contribution in [3.05, 3.63) is 29.4 Å². The standard InChI is InChI=1S/C11H10ClN5/c1-17-9-3-2-6(4-7(9)11(12)16-17)8-5-10(13)15-14-8/h2-5H,1H3,(H3,13,14,15). The number of hydrogen-bond acceptors (Lipinski definition) is 3. The SMILES string of the molecule is Cn1nc(Cl)c2cc(-c3cc(N)n[nH]3)ccc21. The Labute approximate surface area is 102 Å². The summed E-state index contributed by atoms with van der Waals surface area (Å²) in [7, 11) is 1.86. The Balaban J connectivity index is 2.22. The Kier molecular flexibility index (Phi) is 2.09. The third-order valence-electron chi connectivity index (χ3n) is 2.71. The van der Waals surface area contributed by atoms with E-state index in [1.54, 1.807) is 10.7 Å². The number of anilines is 1. The first-order chi connectivity index (χ1) is 8.15. The summed E-state index contributed by atoms with van der Waals surface area (Å²) >= 11 is 6.06. The van der Waals surface area contributed by atoms with Gasteiger partial charge in [0.25, 0.3) is 0 Å². The van der Waals surface area contributed by atoms with E-state index in [2.05, 4.69) is 15.3 Å². The van der Waals surface area contributed by atoms with Gasteiger partial charge in [0.05, 0.1) is 11.2 Å². The van der Waals surface area contributed by atoms with Gasteiger partial charge in [-0.3, -0.25) is 9.78 Å². The maximum Gasteiger partial charge on any atom is 0.158 e. The van der Waals surface area contributed by atoms with Gasteiger partial charge in [-0.15, -0.1) is 0 Å². The minimum atomic E-state index is 0.470. The maximum atomic E-state index is 6.06. The first-order valence-electron chi connectivity index (χ1n) is 5.08. The minimum Gasteiger partial charge on any atom is -0.382 e. The van der Waals surface area contributed by atoms with Crippen LogP contribution in [0.5, 0.6) is 0 Å². The van der Waals surface area contributed by atoms with E-state index in [1.807, 2.05) is 25.2 Å². The average molecular weight is 248 g/mol. The van der Waals surface area contributed by atoms with Crippen molar-refractivity contribution in [2.45, 2.75) is 0 Å². The highest BCUT2D eigenvalue weighted by atomic mass is 35.5. The van der Waals surface area contributed by atoms with Crippen LogP contribution < -0.4 is 5.73 Å². The predicted molar refractivity (Wildman–Crippen MR) is 67.7 cm³/mol. The van der Waals surface area contributed by atoms with Gasteiger partial charge in [0.2, 0.25) is 0 Å². The van der Waals surface area contributed by atoms with E-state index in [0.29, 0.717) is 11.0 Å². The van der Waals surface area contributed by atoms with Crippen LogP contribution in [0.3, 0.4) is 0 Å². The molecule has 2 heterocycles. The molecule has 0 bridgehead atoms. The Hall–Kier alpha value is -2.01. The molecule has 0 saturated carbocycles. The fraction of sp³-hybridized carbons (Fsp3) is 0.0909. The van der Waals surface area contributed by atoms with Gasteiger partial charge in [0.1, 0.15) is 5.82 Å². The van der Waals surface area contributed by atoms with Crippen LogP contribution in [0, 0.1) is 0 Å². The molecule has 6 heteroatoms. The molecule has 0 aliphatic heterocycles.